The molecule has 0 fully saturated rings. The number of hydrogen-bond donors (Lipinski definition) is 0. The van der Waals surface area contributed by atoms with Crippen LogP contribution in [0.25, 0.3) is 10.8 Å². The van der Waals surface area contributed by atoms with Gasteiger partial charge in [-0.3, -0.25) is 0 Å². The molecule has 0 spiro atoms. The summed E-state index contributed by atoms with van der Waals surface area (Å²) in [4.78, 5) is 10.5. The monoisotopic (exact) mass is 230 g/mol. The van der Waals surface area contributed by atoms with Crippen LogP contribution < -0.4 is 9.47 Å². The van der Waals surface area contributed by atoms with E-state index in [9.17, 15) is 4.79 Å². The Bertz CT molecular complexity index is 546. The smallest absolute Gasteiger partial charge is 0.130 e. The number of aldehydes is 1. The molecule has 0 bridgehead atoms. The Morgan fingerprint density at radius 2 is 1.94 bits per heavy atom. The summed E-state index contributed by atoms with van der Waals surface area (Å²) < 4.78 is 10.5. The molecule has 0 saturated carbocycles. The molecule has 0 radical (unpaired) electrons. The van der Waals surface area contributed by atoms with Crippen LogP contribution in [0.1, 0.15) is 5.56 Å². The van der Waals surface area contributed by atoms with Crippen LogP contribution in [-0.2, 0) is 11.2 Å². The Morgan fingerprint density at radius 1 is 1.12 bits per heavy atom. The average molecular weight is 230 g/mol. The predicted molar refractivity (Wildman–Crippen MR) is 66.8 cm³/mol. The lowest BCUT2D eigenvalue weighted by Gasteiger charge is -2.09. The molecule has 0 aromatic heterocycles. The maximum atomic E-state index is 10.5. The van der Waals surface area contributed by atoms with Crippen molar-refractivity contribution in [2.24, 2.45) is 0 Å². The first-order chi connectivity index (χ1) is 8.28. The summed E-state index contributed by atoms with van der Waals surface area (Å²) in [7, 11) is 3.25. The molecule has 3 nitrogen and oxygen atoms in total. The van der Waals surface area contributed by atoms with E-state index in [1.807, 2.05) is 30.3 Å². The normalized spacial score (nSPS) is 10.2. The van der Waals surface area contributed by atoms with E-state index >= 15 is 0 Å². The lowest BCUT2D eigenvalue weighted by Crippen LogP contribution is -1.91. The van der Waals surface area contributed by atoms with Gasteiger partial charge in [-0.2, -0.15) is 0 Å². The zero-order valence-electron chi connectivity index (χ0n) is 9.90. The molecule has 0 N–H and O–H groups in total. The molecule has 17 heavy (non-hydrogen) atoms. The topological polar surface area (TPSA) is 35.5 Å². The lowest BCUT2D eigenvalue weighted by molar-refractivity contribution is -0.107. The van der Waals surface area contributed by atoms with Gasteiger partial charge in [-0.05, 0) is 17.0 Å². The number of carbonyl (C=O) groups is 1. The maximum Gasteiger partial charge on any atom is 0.130 e. The van der Waals surface area contributed by atoms with E-state index in [2.05, 4.69) is 0 Å². The second-order valence-electron chi connectivity index (χ2n) is 3.76. The van der Waals surface area contributed by atoms with Gasteiger partial charge < -0.3 is 14.3 Å². The Morgan fingerprint density at radius 3 is 2.59 bits per heavy atom. The SMILES string of the molecule is COc1cc(OC)c2ccc(CC=O)cc2c1. The number of benzene rings is 2. The van der Waals surface area contributed by atoms with Gasteiger partial charge >= 0.3 is 0 Å². The second kappa shape index (κ2) is 4.87. The third-order valence-corrected chi connectivity index (χ3v) is 2.73. The minimum Gasteiger partial charge on any atom is -0.497 e. The van der Waals surface area contributed by atoms with E-state index in [0.717, 1.165) is 34.1 Å². The molecule has 88 valence electrons. The third kappa shape index (κ3) is 2.23. The number of ether oxygens (including phenoxy) is 2. The van der Waals surface area contributed by atoms with Gasteiger partial charge in [0.25, 0.3) is 0 Å². The molecular weight excluding hydrogens is 216 g/mol. The van der Waals surface area contributed by atoms with Crippen molar-refractivity contribution in [3.05, 3.63) is 35.9 Å². The first-order valence-electron chi connectivity index (χ1n) is 5.36. The van der Waals surface area contributed by atoms with Gasteiger partial charge in [0.1, 0.15) is 17.8 Å². The van der Waals surface area contributed by atoms with Gasteiger partial charge in [0.2, 0.25) is 0 Å². The zero-order valence-corrected chi connectivity index (χ0v) is 9.90. The van der Waals surface area contributed by atoms with Crippen LogP contribution in [0.15, 0.2) is 30.3 Å². The molecule has 0 amide bonds. The molecule has 0 heterocycles. The average Bonchev–Trinajstić information content (AvgIpc) is 2.37. The summed E-state index contributed by atoms with van der Waals surface area (Å²) in [6.07, 6.45) is 1.33. The molecule has 0 atom stereocenters. The number of fused-ring (bicyclic) bond motifs is 1. The Balaban J connectivity index is 2.62. The first kappa shape index (κ1) is 11.5. The molecule has 0 saturated heterocycles. The molecule has 2 aromatic carbocycles. The fraction of sp³-hybridized carbons (Fsp3) is 0.214. The molecule has 0 aliphatic rings. The number of hydrogen-bond acceptors (Lipinski definition) is 3. The highest BCUT2D eigenvalue weighted by Crippen LogP contribution is 2.31. The summed E-state index contributed by atoms with van der Waals surface area (Å²) in [6, 6.07) is 9.67. The molecule has 0 unspecified atom stereocenters. The Kier molecular flexibility index (Phi) is 3.28. The minimum absolute atomic E-state index is 0.426. The summed E-state index contributed by atoms with van der Waals surface area (Å²) >= 11 is 0. The van der Waals surface area contributed by atoms with E-state index in [1.165, 1.54) is 0 Å². The molecule has 2 aromatic rings. The van der Waals surface area contributed by atoms with Crippen LogP contribution in [0.4, 0.5) is 0 Å². The summed E-state index contributed by atoms with van der Waals surface area (Å²) in [6.45, 7) is 0. The van der Waals surface area contributed by atoms with Gasteiger partial charge in [-0.25, -0.2) is 0 Å². The Hall–Kier alpha value is -2.03. The van der Waals surface area contributed by atoms with Crippen molar-refractivity contribution in [3.8, 4) is 11.5 Å². The van der Waals surface area contributed by atoms with Crippen LogP contribution in [0.3, 0.4) is 0 Å². The first-order valence-corrected chi connectivity index (χ1v) is 5.36. The fourth-order valence-corrected chi connectivity index (χ4v) is 1.87. The van der Waals surface area contributed by atoms with E-state index in [4.69, 9.17) is 9.47 Å². The van der Waals surface area contributed by atoms with Crippen LogP contribution in [0, 0.1) is 0 Å². The summed E-state index contributed by atoms with van der Waals surface area (Å²) in [5, 5.41) is 2.03. The molecule has 0 aliphatic carbocycles. The van der Waals surface area contributed by atoms with Crippen LogP contribution >= 0.6 is 0 Å². The van der Waals surface area contributed by atoms with Crippen LogP contribution in [0.5, 0.6) is 11.5 Å². The molecular formula is C14H14O3. The van der Waals surface area contributed by atoms with Crippen LogP contribution in [0.2, 0.25) is 0 Å². The van der Waals surface area contributed by atoms with Gasteiger partial charge in [0.15, 0.2) is 0 Å². The number of rotatable bonds is 4. The van der Waals surface area contributed by atoms with Gasteiger partial charge in [-0.1, -0.05) is 18.2 Å². The fourth-order valence-electron chi connectivity index (χ4n) is 1.87. The highest BCUT2D eigenvalue weighted by Gasteiger charge is 2.05. The van der Waals surface area contributed by atoms with E-state index in [0.29, 0.717) is 6.42 Å². The van der Waals surface area contributed by atoms with Gasteiger partial charge in [0.05, 0.1) is 14.2 Å². The standard InChI is InChI=1S/C14H14O3/c1-16-12-8-11-7-10(5-6-15)3-4-13(11)14(9-12)17-2/h3-4,6-9H,5H2,1-2H3. The zero-order chi connectivity index (χ0) is 12.3. The van der Waals surface area contributed by atoms with Gasteiger partial charge in [0, 0.05) is 17.9 Å². The summed E-state index contributed by atoms with van der Waals surface area (Å²) in [5.74, 6) is 1.52. The van der Waals surface area contributed by atoms with E-state index < -0.39 is 0 Å². The number of methoxy groups -OCH3 is 2. The van der Waals surface area contributed by atoms with E-state index in [-0.39, 0.29) is 0 Å². The molecule has 2 rings (SSSR count). The van der Waals surface area contributed by atoms with Crippen molar-refractivity contribution in [1.29, 1.82) is 0 Å². The highest BCUT2D eigenvalue weighted by molar-refractivity contribution is 5.90. The number of carbonyl (C=O) groups excluding carboxylic acids is 1. The van der Waals surface area contributed by atoms with Crippen molar-refractivity contribution in [1.82, 2.24) is 0 Å². The maximum absolute atomic E-state index is 10.5. The molecule has 0 aliphatic heterocycles. The molecule has 3 heteroatoms. The van der Waals surface area contributed by atoms with Crippen molar-refractivity contribution in [3.63, 3.8) is 0 Å². The van der Waals surface area contributed by atoms with Crippen molar-refractivity contribution in [2.75, 3.05) is 14.2 Å². The highest BCUT2D eigenvalue weighted by atomic mass is 16.5. The third-order valence-electron chi connectivity index (χ3n) is 2.73. The Labute approximate surface area is 100.0 Å². The van der Waals surface area contributed by atoms with Crippen molar-refractivity contribution >= 4 is 17.1 Å². The quantitative estimate of drug-likeness (QED) is 0.757. The lowest BCUT2D eigenvalue weighted by atomic mass is 10.0. The largest absolute Gasteiger partial charge is 0.497 e. The van der Waals surface area contributed by atoms with Crippen molar-refractivity contribution < 1.29 is 14.3 Å². The predicted octanol–water partition coefficient (Wildman–Crippen LogP) is 2.60. The minimum atomic E-state index is 0.426. The van der Waals surface area contributed by atoms with Gasteiger partial charge in [-0.15, -0.1) is 0 Å². The van der Waals surface area contributed by atoms with Crippen LogP contribution in [-0.4, -0.2) is 20.5 Å². The second-order valence-corrected chi connectivity index (χ2v) is 3.76. The summed E-state index contributed by atoms with van der Waals surface area (Å²) in [5.41, 5.74) is 0.989. The van der Waals surface area contributed by atoms with Crippen molar-refractivity contribution in [2.45, 2.75) is 6.42 Å². The van der Waals surface area contributed by atoms with E-state index in [1.54, 1.807) is 14.2 Å².